The van der Waals surface area contributed by atoms with Crippen LogP contribution >= 0.6 is 0 Å². The van der Waals surface area contributed by atoms with Crippen LogP contribution in [0.25, 0.3) is 0 Å². The zero-order valence-electron chi connectivity index (χ0n) is 19.2. The summed E-state index contributed by atoms with van der Waals surface area (Å²) in [5.74, 6) is -1.31. The second kappa shape index (κ2) is 8.87. The highest BCUT2D eigenvalue weighted by Gasteiger charge is 2.59. The van der Waals surface area contributed by atoms with Crippen molar-refractivity contribution in [1.82, 2.24) is 5.32 Å². The number of rotatable bonds is 5. The Morgan fingerprint density at radius 3 is 2.61 bits per heavy atom. The van der Waals surface area contributed by atoms with E-state index in [2.05, 4.69) is 12.2 Å². The van der Waals surface area contributed by atoms with E-state index in [1.165, 1.54) is 13.2 Å². The highest BCUT2D eigenvalue weighted by atomic mass is 16.5. The van der Waals surface area contributed by atoms with Gasteiger partial charge in [0.25, 0.3) is 0 Å². The Hall–Kier alpha value is -1.99. The molecule has 0 unspecified atom stereocenters. The Bertz CT molecular complexity index is 830. The van der Waals surface area contributed by atoms with Gasteiger partial charge in [-0.2, -0.15) is 0 Å². The third-order valence-electron chi connectivity index (χ3n) is 7.88. The van der Waals surface area contributed by atoms with Crippen LogP contribution in [0.3, 0.4) is 0 Å². The maximum Gasteiger partial charge on any atom is 0.330 e. The molecule has 31 heavy (non-hydrogen) atoms. The first-order valence-electron chi connectivity index (χ1n) is 11.2. The van der Waals surface area contributed by atoms with Crippen molar-refractivity contribution in [1.29, 1.82) is 0 Å². The number of allylic oxidation sites excluding steroid dienone is 1. The van der Waals surface area contributed by atoms with Crippen molar-refractivity contribution in [2.45, 2.75) is 59.0 Å². The molecule has 1 saturated carbocycles. The first-order chi connectivity index (χ1) is 14.6. The molecule has 0 heterocycles. The quantitative estimate of drug-likeness (QED) is 0.390. The number of hydrogen-bond acceptors (Lipinski definition) is 7. The number of Topliss-reactive ketones (excluding diaryl/α,β-unsaturated/α-hetero) is 1. The number of carbonyl (C=O) groups excluding carboxylic acids is 3. The predicted octanol–water partition coefficient (Wildman–Crippen LogP) is 2.33. The second-order valence-electron chi connectivity index (χ2n) is 9.61. The van der Waals surface area contributed by atoms with Crippen LogP contribution < -0.4 is 5.32 Å². The summed E-state index contributed by atoms with van der Waals surface area (Å²) in [7, 11) is 3.17. The Balaban J connectivity index is 1.98. The molecule has 5 atom stereocenters. The summed E-state index contributed by atoms with van der Waals surface area (Å²) in [4.78, 5) is 38.3. The lowest BCUT2D eigenvalue weighted by Gasteiger charge is -2.56. The van der Waals surface area contributed by atoms with Gasteiger partial charge in [-0.05, 0) is 50.1 Å². The Morgan fingerprint density at radius 1 is 1.26 bits per heavy atom. The molecule has 3 aliphatic rings. The SMILES string of the molecule is CNCCOC(=O)/C=C1\[C@H](C)C2=C(C[C@@H]1O)[C@@]1(C)CCC[C@](C)(C(=O)OC)[C@@H]1CC2=O. The average Bonchev–Trinajstić information content (AvgIpc) is 2.72. The minimum absolute atomic E-state index is 0.00310. The molecule has 0 aromatic heterocycles. The van der Waals surface area contributed by atoms with Crippen molar-refractivity contribution < 1.29 is 29.0 Å². The maximum atomic E-state index is 13.3. The van der Waals surface area contributed by atoms with E-state index in [0.717, 1.165) is 18.4 Å². The smallest absolute Gasteiger partial charge is 0.330 e. The summed E-state index contributed by atoms with van der Waals surface area (Å²) in [6.45, 7) is 6.69. The molecule has 0 bridgehead atoms. The van der Waals surface area contributed by atoms with Crippen molar-refractivity contribution in [2.75, 3.05) is 27.3 Å². The first-order valence-corrected chi connectivity index (χ1v) is 11.2. The first kappa shape index (κ1) is 23.7. The normalized spacial score (nSPS) is 36.6. The Morgan fingerprint density at radius 2 is 1.97 bits per heavy atom. The fourth-order valence-electron chi connectivity index (χ4n) is 6.20. The molecule has 2 N–H and O–H groups in total. The van der Waals surface area contributed by atoms with Gasteiger partial charge in [0.05, 0.1) is 18.6 Å². The zero-order valence-corrected chi connectivity index (χ0v) is 19.2. The number of hydrogen-bond donors (Lipinski definition) is 2. The van der Waals surface area contributed by atoms with Crippen LogP contribution in [0.4, 0.5) is 0 Å². The number of ketones is 1. The number of ether oxygens (including phenoxy) is 2. The van der Waals surface area contributed by atoms with Gasteiger partial charge in [0.2, 0.25) is 0 Å². The summed E-state index contributed by atoms with van der Waals surface area (Å²) >= 11 is 0. The van der Waals surface area contributed by atoms with Crippen molar-refractivity contribution in [3.63, 3.8) is 0 Å². The number of carbonyl (C=O) groups is 3. The number of fused-ring (bicyclic) bond motifs is 2. The lowest BCUT2D eigenvalue weighted by atomic mass is 9.47. The van der Waals surface area contributed by atoms with Gasteiger partial charge in [0, 0.05) is 30.5 Å². The number of aliphatic hydroxyl groups excluding tert-OH is 1. The van der Waals surface area contributed by atoms with Crippen molar-refractivity contribution in [3.05, 3.63) is 22.8 Å². The summed E-state index contributed by atoms with van der Waals surface area (Å²) in [5, 5.41) is 13.9. The van der Waals surface area contributed by atoms with Crippen molar-refractivity contribution >= 4 is 17.7 Å². The van der Waals surface area contributed by atoms with Crippen LogP contribution in [0.5, 0.6) is 0 Å². The highest BCUT2D eigenvalue weighted by molar-refractivity contribution is 6.00. The molecule has 7 heteroatoms. The molecule has 0 aromatic carbocycles. The van der Waals surface area contributed by atoms with Gasteiger partial charge in [0.15, 0.2) is 5.78 Å². The summed E-state index contributed by atoms with van der Waals surface area (Å²) in [5.41, 5.74) is 1.09. The summed E-state index contributed by atoms with van der Waals surface area (Å²) < 4.78 is 10.3. The maximum absolute atomic E-state index is 13.3. The lowest BCUT2D eigenvalue weighted by Crippen LogP contribution is -2.54. The van der Waals surface area contributed by atoms with Gasteiger partial charge in [-0.25, -0.2) is 4.79 Å². The van der Waals surface area contributed by atoms with E-state index in [9.17, 15) is 19.5 Å². The number of nitrogens with one attached hydrogen (secondary N) is 1. The molecule has 3 aliphatic carbocycles. The van der Waals surface area contributed by atoms with Gasteiger partial charge < -0.3 is 19.9 Å². The molecule has 0 aliphatic heterocycles. The van der Waals surface area contributed by atoms with E-state index in [0.29, 0.717) is 30.5 Å². The molecule has 0 aromatic rings. The summed E-state index contributed by atoms with van der Waals surface area (Å²) in [6, 6.07) is 0. The molecule has 172 valence electrons. The van der Waals surface area contributed by atoms with E-state index < -0.39 is 17.5 Å². The number of aliphatic hydroxyl groups is 1. The third-order valence-corrected chi connectivity index (χ3v) is 7.88. The molecule has 0 spiro atoms. The molecular weight excluding hydrogens is 398 g/mol. The average molecular weight is 434 g/mol. The third kappa shape index (κ3) is 3.98. The van der Waals surface area contributed by atoms with Crippen LogP contribution in [-0.2, 0) is 23.9 Å². The second-order valence-corrected chi connectivity index (χ2v) is 9.61. The topological polar surface area (TPSA) is 102 Å². The van der Waals surface area contributed by atoms with Crippen LogP contribution in [0.2, 0.25) is 0 Å². The molecule has 0 radical (unpaired) electrons. The molecule has 0 saturated heterocycles. The predicted molar refractivity (Wildman–Crippen MR) is 115 cm³/mol. The molecule has 7 nitrogen and oxygen atoms in total. The largest absolute Gasteiger partial charge is 0.469 e. The van der Waals surface area contributed by atoms with Gasteiger partial charge >= 0.3 is 11.9 Å². The minimum Gasteiger partial charge on any atom is -0.469 e. The highest BCUT2D eigenvalue weighted by Crippen LogP contribution is 2.62. The molecule has 1 fully saturated rings. The standard InChI is InChI=1S/C24H35NO6/c1-14-15(11-20(28)31-10-9-25-4)17(26)12-16-21(14)18(27)13-19-23(16,2)7-6-8-24(19,3)22(29)30-5/h11,14,17,19,25-26H,6-10,12-13H2,1-5H3/b15-11+/t14-,17-,19+,23+,24-/m0/s1. The van der Waals surface area contributed by atoms with E-state index in [1.54, 1.807) is 7.05 Å². The van der Waals surface area contributed by atoms with E-state index in [1.807, 2.05) is 13.8 Å². The van der Waals surface area contributed by atoms with E-state index >= 15 is 0 Å². The minimum atomic E-state index is -0.861. The number of likely N-dealkylation sites (N-methyl/N-ethyl adjacent to an activating group) is 1. The van der Waals surface area contributed by atoms with Gasteiger partial charge in [-0.3, -0.25) is 9.59 Å². The van der Waals surface area contributed by atoms with Gasteiger partial charge in [0.1, 0.15) is 6.61 Å². The van der Waals surface area contributed by atoms with Crippen LogP contribution in [-0.4, -0.2) is 56.2 Å². The lowest BCUT2D eigenvalue weighted by molar-refractivity contribution is -0.163. The van der Waals surface area contributed by atoms with Crippen LogP contribution in [0.15, 0.2) is 22.8 Å². The molecule has 0 amide bonds. The van der Waals surface area contributed by atoms with Gasteiger partial charge in [-0.1, -0.05) is 25.8 Å². The van der Waals surface area contributed by atoms with Crippen LogP contribution in [0, 0.1) is 22.7 Å². The fourth-order valence-corrected chi connectivity index (χ4v) is 6.20. The zero-order chi connectivity index (χ0) is 23.0. The Kier molecular flexibility index (Phi) is 6.77. The monoisotopic (exact) mass is 433 g/mol. The molecular formula is C24H35NO6. The molecule has 3 rings (SSSR count). The summed E-state index contributed by atoms with van der Waals surface area (Å²) in [6.07, 6.45) is 3.47. The van der Waals surface area contributed by atoms with E-state index in [-0.39, 0.29) is 42.0 Å². The van der Waals surface area contributed by atoms with Crippen molar-refractivity contribution in [2.24, 2.45) is 22.7 Å². The number of esters is 2. The van der Waals surface area contributed by atoms with Crippen LogP contribution in [0.1, 0.15) is 52.9 Å². The van der Waals surface area contributed by atoms with E-state index in [4.69, 9.17) is 9.47 Å². The Labute approximate surface area is 184 Å². The number of methoxy groups -OCH3 is 1. The fraction of sp³-hybridized carbons (Fsp3) is 0.708. The van der Waals surface area contributed by atoms with Gasteiger partial charge in [-0.15, -0.1) is 0 Å². The van der Waals surface area contributed by atoms with Crippen molar-refractivity contribution in [3.8, 4) is 0 Å².